The number of anilines is 1. The molecule has 3 N–H and O–H groups in total. The molecule has 2 aliphatic rings. The molecule has 0 bridgehead atoms. The van der Waals surface area contributed by atoms with Crippen molar-refractivity contribution in [2.75, 3.05) is 18.4 Å². The average Bonchev–Trinajstić information content (AvgIpc) is 3.40. The molecule has 4 rings (SSSR count). The van der Waals surface area contributed by atoms with Crippen LogP contribution in [0.3, 0.4) is 0 Å². The number of alkyl carbamates (subject to hydrolysis) is 1. The summed E-state index contributed by atoms with van der Waals surface area (Å²) in [4.78, 5) is 25.6. The Morgan fingerprint density at radius 1 is 0.857 bits per heavy atom. The van der Waals surface area contributed by atoms with Crippen LogP contribution in [-0.2, 0) is 16.1 Å². The number of hydrogen-bond donors (Lipinski definition) is 3. The summed E-state index contributed by atoms with van der Waals surface area (Å²) in [5.74, 6) is 0.760. The van der Waals surface area contributed by atoms with E-state index in [1.807, 2.05) is 54.6 Å². The van der Waals surface area contributed by atoms with Gasteiger partial charge < -0.3 is 25.4 Å². The first kappa shape index (κ1) is 24.9. The van der Waals surface area contributed by atoms with Crippen LogP contribution >= 0.6 is 0 Å². The van der Waals surface area contributed by atoms with E-state index < -0.39 is 11.6 Å². The highest BCUT2D eigenvalue weighted by Gasteiger charge is 2.41. The minimum atomic E-state index is -0.911. The Morgan fingerprint density at radius 3 is 2.29 bits per heavy atom. The molecule has 0 spiro atoms. The van der Waals surface area contributed by atoms with Crippen molar-refractivity contribution in [1.29, 1.82) is 0 Å². The summed E-state index contributed by atoms with van der Waals surface area (Å²) in [5.41, 5.74) is 0.979. The predicted molar refractivity (Wildman–Crippen MR) is 136 cm³/mol. The summed E-state index contributed by atoms with van der Waals surface area (Å²) < 4.78 is 11.4. The smallest absolute Gasteiger partial charge is 0.408 e. The molecule has 2 amide bonds. The maximum atomic E-state index is 13.1. The van der Waals surface area contributed by atoms with Gasteiger partial charge in [-0.3, -0.25) is 4.79 Å². The molecule has 0 aromatic heterocycles. The fourth-order valence-corrected chi connectivity index (χ4v) is 4.92. The Morgan fingerprint density at radius 2 is 1.57 bits per heavy atom. The first-order chi connectivity index (χ1) is 17.1. The number of rotatable bonds is 10. The molecule has 0 aliphatic heterocycles. The van der Waals surface area contributed by atoms with Gasteiger partial charge in [-0.05, 0) is 68.4 Å². The van der Waals surface area contributed by atoms with Crippen LogP contribution in [0.2, 0.25) is 0 Å². The summed E-state index contributed by atoms with van der Waals surface area (Å²) in [5, 5.41) is 9.23. The van der Waals surface area contributed by atoms with E-state index in [2.05, 4.69) is 16.0 Å². The van der Waals surface area contributed by atoms with E-state index in [4.69, 9.17) is 9.47 Å². The summed E-state index contributed by atoms with van der Waals surface area (Å²) in [7, 11) is 0. The Hall–Kier alpha value is -3.22. The van der Waals surface area contributed by atoms with E-state index in [1.54, 1.807) is 0 Å². The van der Waals surface area contributed by atoms with Crippen LogP contribution in [0, 0.1) is 0 Å². The van der Waals surface area contributed by atoms with Crippen molar-refractivity contribution in [3.63, 3.8) is 0 Å². The number of carbonyl (C=O) groups excluding carboxylic acids is 2. The molecule has 0 heterocycles. The third-order valence-electron chi connectivity index (χ3n) is 6.89. The van der Waals surface area contributed by atoms with E-state index >= 15 is 0 Å². The van der Waals surface area contributed by atoms with Crippen LogP contribution in [0.1, 0.15) is 63.4 Å². The molecule has 2 aromatic carbocycles. The van der Waals surface area contributed by atoms with Crippen LogP contribution in [0.25, 0.3) is 0 Å². The topological polar surface area (TPSA) is 88.7 Å². The lowest BCUT2D eigenvalue weighted by molar-refractivity contribution is -0.128. The number of hydrogen-bond acceptors (Lipinski definition) is 5. The molecule has 188 valence electrons. The van der Waals surface area contributed by atoms with Crippen molar-refractivity contribution < 1.29 is 19.1 Å². The van der Waals surface area contributed by atoms with Crippen molar-refractivity contribution in [2.45, 2.75) is 76.0 Å². The van der Waals surface area contributed by atoms with Gasteiger partial charge in [-0.1, -0.05) is 49.6 Å². The second kappa shape index (κ2) is 12.5. The Kier molecular flexibility index (Phi) is 8.87. The highest BCUT2D eigenvalue weighted by atomic mass is 16.5. The first-order valence-electron chi connectivity index (χ1n) is 12.9. The number of ether oxygens (including phenoxy) is 2. The van der Waals surface area contributed by atoms with Gasteiger partial charge in [0.1, 0.15) is 17.9 Å². The van der Waals surface area contributed by atoms with Gasteiger partial charge in [0, 0.05) is 18.8 Å². The summed E-state index contributed by atoms with van der Waals surface area (Å²) in [6.07, 6.45) is 8.69. The second-order valence-electron chi connectivity index (χ2n) is 9.56. The molecule has 7 nitrogen and oxygen atoms in total. The number of amides is 2. The highest BCUT2D eigenvalue weighted by molar-refractivity contribution is 5.90. The third kappa shape index (κ3) is 7.38. The second-order valence-corrected chi connectivity index (χ2v) is 9.56. The van der Waals surface area contributed by atoms with E-state index in [9.17, 15) is 9.59 Å². The van der Waals surface area contributed by atoms with Crippen LogP contribution in [-0.4, -0.2) is 36.7 Å². The van der Waals surface area contributed by atoms with E-state index in [0.29, 0.717) is 32.0 Å². The third-order valence-corrected chi connectivity index (χ3v) is 6.89. The molecule has 35 heavy (non-hydrogen) atoms. The monoisotopic (exact) mass is 479 g/mol. The van der Waals surface area contributed by atoms with Crippen LogP contribution < -0.4 is 20.7 Å². The van der Waals surface area contributed by atoms with Gasteiger partial charge in [0.05, 0.1) is 6.10 Å². The molecule has 2 fully saturated rings. The number of carbonyl (C=O) groups is 2. The molecule has 2 aromatic rings. The van der Waals surface area contributed by atoms with Crippen molar-refractivity contribution in [1.82, 2.24) is 10.6 Å². The molecular weight excluding hydrogens is 442 g/mol. The standard InChI is InChI=1S/C28H37N3O4/c32-26(30-20-19-29-23-13-15-25(16-14-23)35-24-11-5-6-12-24)28(17-7-2-8-18-28)31-27(33)34-21-22-9-3-1-4-10-22/h1,3-4,9-10,13-16,24,29H,2,5-8,11-12,17-21H2,(H,30,32)(H,31,33). The van der Waals surface area contributed by atoms with Gasteiger partial charge in [-0.15, -0.1) is 0 Å². The highest BCUT2D eigenvalue weighted by Crippen LogP contribution is 2.29. The zero-order valence-electron chi connectivity index (χ0n) is 20.4. The van der Waals surface area contributed by atoms with Crippen LogP contribution in [0.4, 0.5) is 10.5 Å². The van der Waals surface area contributed by atoms with Crippen LogP contribution in [0.15, 0.2) is 54.6 Å². The lowest BCUT2D eigenvalue weighted by Crippen LogP contribution is -2.60. The minimum absolute atomic E-state index is 0.143. The fraction of sp³-hybridized carbons (Fsp3) is 0.500. The van der Waals surface area contributed by atoms with Crippen molar-refractivity contribution in [3.05, 3.63) is 60.2 Å². The molecule has 0 radical (unpaired) electrons. The molecule has 0 saturated heterocycles. The summed E-state index contributed by atoms with van der Waals surface area (Å²) in [6.45, 7) is 1.23. The van der Waals surface area contributed by atoms with Crippen molar-refractivity contribution in [3.8, 4) is 5.75 Å². The van der Waals surface area contributed by atoms with Gasteiger partial charge in [0.2, 0.25) is 5.91 Å². The SMILES string of the molecule is O=C(NC1(C(=O)NCCNc2ccc(OC3CCCC3)cc2)CCCCC1)OCc1ccccc1. The van der Waals surface area contributed by atoms with Crippen molar-refractivity contribution in [2.24, 2.45) is 0 Å². The van der Waals surface area contributed by atoms with Gasteiger partial charge in [-0.25, -0.2) is 4.79 Å². The van der Waals surface area contributed by atoms with E-state index in [1.165, 1.54) is 12.8 Å². The number of nitrogens with one attached hydrogen (secondary N) is 3. The van der Waals surface area contributed by atoms with E-state index in [-0.39, 0.29) is 12.5 Å². The molecule has 7 heteroatoms. The van der Waals surface area contributed by atoms with Crippen LogP contribution in [0.5, 0.6) is 5.75 Å². The fourth-order valence-electron chi connectivity index (χ4n) is 4.92. The summed E-state index contributed by atoms with van der Waals surface area (Å²) >= 11 is 0. The van der Waals surface area contributed by atoms with Gasteiger partial charge in [0.15, 0.2) is 0 Å². The van der Waals surface area contributed by atoms with E-state index in [0.717, 1.165) is 49.1 Å². The first-order valence-corrected chi connectivity index (χ1v) is 12.9. The number of benzene rings is 2. The quantitative estimate of drug-likeness (QED) is 0.410. The lowest BCUT2D eigenvalue weighted by Gasteiger charge is -2.36. The molecule has 2 saturated carbocycles. The van der Waals surface area contributed by atoms with Gasteiger partial charge in [0.25, 0.3) is 0 Å². The zero-order chi connectivity index (χ0) is 24.3. The maximum Gasteiger partial charge on any atom is 0.408 e. The largest absolute Gasteiger partial charge is 0.490 e. The lowest BCUT2D eigenvalue weighted by atomic mass is 9.81. The molecular formula is C28H37N3O4. The van der Waals surface area contributed by atoms with Crippen molar-refractivity contribution >= 4 is 17.7 Å². The average molecular weight is 480 g/mol. The normalized spacial score (nSPS) is 17.4. The summed E-state index contributed by atoms with van der Waals surface area (Å²) in [6, 6.07) is 17.5. The predicted octanol–water partition coefficient (Wildman–Crippen LogP) is 5.17. The Bertz CT molecular complexity index is 936. The van der Waals surface area contributed by atoms with Gasteiger partial charge >= 0.3 is 6.09 Å². The molecule has 0 unspecified atom stereocenters. The maximum absolute atomic E-state index is 13.1. The zero-order valence-corrected chi connectivity index (χ0v) is 20.4. The minimum Gasteiger partial charge on any atom is -0.490 e. The van der Waals surface area contributed by atoms with Gasteiger partial charge in [-0.2, -0.15) is 0 Å². The molecule has 0 atom stereocenters. The molecule has 2 aliphatic carbocycles. The Balaban J connectivity index is 1.21. The Labute approximate surface area is 208 Å².